The molecule has 7 nitrogen and oxygen atoms in total. The lowest BCUT2D eigenvalue weighted by atomic mass is 10.2. The van der Waals surface area contributed by atoms with Gasteiger partial charge in [-0.25, -0.2) is 0 Å². The molecule has 0 aliphatic rings. The Bertz CT molecular complexity index is 648. The second-order valence-electron chi connectivity index (χ2n) is 4.64. The van der Waals surface area contributed by atoms with E-state index < -0.39 is 0 Å². The normalized spacial score (nSPS) is 12.5. The lowest BCUT2D eigenvalue weighted by molar-refractivity contribution is 0.0705. The molecule has 1 amide bonds. The van der Waals surface area contributed by atoms with Gasteiger partial charge >= 0.3 is 0 Å². The number of rotatable bonds is 3. The molecule has 2 heterocycles. The van der Waals surface area contributed by atoms with E-state index in [1.54, 1.807) is 27.9 Å². The third-order valence-corrected chi connectivity index (χ3v) is 3.61. The van der Waals surface area contributed by atoms with Crippen molar-refractivity contribution in [3.8, 4) is 0 Å². The third-order valence-electron chi connectivity index (χ3n) is 3.15. The molecule has 0 saturated heterocycles. The molecular weight excluding hydrogens is 282 g/mol. The Balaban J connectivity index is 2.28. The van der Waals surface area contributed by atoms with Gasteiger partial charge in [0.05, 0.1) is 10.7 Å². The summed E-state index contributed by atoms with van der Waals surface area (Å²) in [4.78, 5) is 18.1. The molecule has 1 unspecified atom stereocenters. The summed E-state index contributed by atoms with van der Waals surface area (Å²) in [7, 11) is 3.34. The lowest BCUT2D eigenvalue weighted by Gasteiger charge is -2.22. The van der Waals surface area contributed by atoms with Crippen molar-refractivity contribution in [2.45, 2.75) is 26.8 Å². The number of carbonyl (C=O) groups is 1. The van der Waals surface area contributed by atoms with Crippen molar-refractivity contribution < 1.29 is 9.32 Å². The maximum atomic E-state index is 12.5. The van der Waals surface area contributed by atoms with Gasteiger partial charge in [-0.3, -0.25) is 9.48 Å². The number of nitrogens with zero attached hydrogens (tertiary/aromatic N) is 5. The van der Waals surface area contributed by atoms with Crippen molar-refractivity contribution >= 4 is 17.5 Å². The quantitative estimate of drug-likeness (QED) is 0.865. The Kier molecular flexibility index (Phi) is 3.80. The van der Waals surface area contributed by atoms with Gasteiger partial charge < -0.3 is 9.42 Å². The van der Waals surface area contributed by atoms with Crippen molar-refractivity contribution in [3.63, 3.8) is 0 Å². The van der Waals surface area contributed by atoms with Gasteiger partial charge in [-0.05, 0) is 20.8 Å². The monoisotopic (exact) mass is 297 g/mol. The SMILES string of the molecule is Cc1noc(C(C)N(C)C(=O)c2c(Cl)c(C)nn2C)n1. The van der Waals surface area contributed by atoms with Crippen LogP contribution in [0.1, 0.15) is 40.9 Å². The van der Waals surface area contributed by atoms with E-state index in [1.165, 1.54) is 9.58 Å². The summed E-state index contributed by atoms with van der Waals surface area (Å²) in [5, 5.41) is 8.22. The highest BCUT2D eigenvalue weighted by atomic mass is 35.5. The molecule has 0 aromatic carbocycles. The van der Waals surface area contributed by atoms with E-state index in [1.807, 2.05) is 6.92 Å². The molecule has 0 fully saturated rings. The highest BCUT2D eigenvalue weighted by molar-refractivity contribution is 6.34. The second-order valence-corrected chi connectivity index (χ2v) is 5.02. The van der Waals surface area contributed by atoms with E-state index in [0.717, 1.165) is 0 Å². The summed E-state index contributed by atoms with van der Waals surface area (Å²) in [6.45, 7) is 5.29. The van der Waals surface area contributed by atoms with Crippen molar-refractivity contribution in [3.05, 3.63) is 28.1 Å². The van der Waals surface area contributed by atoms with Crippen LogP contribution in [0.25, 0.3) is 0 Å². The van der Waals surface area contributed by atoms with E-state index in [0.29, 0.717) is 28.1 Å². The summed E-state index contributed by atoms with van der Waals surface area (Å²) in [6.07, 6.45) is 0. The van der Waals surface area contributed by atoms with Crippen LogP contribution in [-0.2, 0) is 7.05 Å². The first-order chi connectivity index (χ1) is 9.32. The molecule has 0 N–H and O–H groups in total. The maximum absolute atomic E-state index is 12.5. The molecule has 0 aliphatic carbocycles. The molecule has 2 aromatic heterocycles. The van der Waals surface area contributed by atoms with Crippen LogP contribution in [0.4, 0.5) is 0 Å². The van der Waals surface area contributed by atoms with Crippen LogP contribution in [-0.4, -0.2) is 37.8 Å². The molecule has 0 bridgehead atoms. The number of aryl methyl sites for hydroxylation is 3. The number of aromatic nitrogens is 4. The summed E-state index contributed by atoms with van der Waals surface area (Å²) in [6, 6.07) is -0.352. The smallest absolute Gasteiger partial charge is 0.274 e. The van der Waals surface area contributed by atoms with Crippen molar-refractivity contribution in [2.24, 2.45) is 7.05 Å². The topological polar surface area (TPSA) is 77.0 Å². The Labute approximate surface area is 121 Å². The predicted octanol–water partition coefficient (Wildman–Crippen LogP) is 1.91. The second kappa shape index (κ2) is 5.24. The maximum Gasteiger partial charge on any atom is 0.274 e. The van der Waals surface area contributed by atoms with Crippen LogP contribution in [0.3, 0.4) is 0 Å². The van der Waals surface area contributed by atoms with Crippen LogP contribution in [0.2, 0.25) is 5.02 Å². The minimum absolute atomic E-state index is 0.249. The largest absolute Gasteiger partial charge is 0.337 e. The molecule has 0 saturated carbocycles. The van der Waals surface area contributed by atoms with E-state index in [2.05, 4.69) is 15.2 Å². The van der Waals surface area contributed by atoms with Crippen LogP contribution < -0.4 is 0 Å². The van der Waals surface area contributed by atoms with Gasteiger partial charge in [0, 0.05) is 14.1 Å². The molecule has 1 atom stereocenters. The van der Waals surface area contributed by atoms with E-state index >= 15 is 0 Å². The molecule has 2 aromatic rings. The van der Waals surface area contributed by atoms with Gasteiger partial charge in [0.15, 0.2) is 5.82 Å². The molecule has 2 rings (SSSR count). The highest BCUT2D eigenvalue weighted by Gasteiger charge is 2.27. The van der Waals surface area contributed by atoms with Crippen molar-refractivity contribution in [1.29, 1.82) is 0 Å². The molecular formula is C12H16ClN5O2. The number of halogens is 1. The van der Waals surface area contributed by atoms with E-state index in [9.17, 15) is 4.79 Å². The van der Waals surface area contributed by atoms with E-state index in [4.69, 9.17) is 16.1 Å². The zero-order valence-corrected chi connectivity index (χ0v) is 12.8. The van der Waals surface area contributed by atoms with Crippen LogP contribution in [0.15, 0.2) is 4.52 Å². The Morgan fingerprint density at radius 3 is 2.55 bits per heavy atom. The van der Waals surface area contributed by atoms with Crippen molar-refractivity contribution in [1.82, 2.24) is 24.8 Å². The Morgan fingerprint density at radius 2 is 2.10 bits per heavy atom. The summed E-state index contributed by atoms with van der Waals surface area (Å²) >= 11 is 6.13. The van der Waals surface area contributed by atoms with Crippen LogP contribution in [0, 0.1) is 13.8 Å². The average molecular weight is 298 g/mol. The summed E-state index contributed by atoms with van der Waals surface area (Å²) < 4.78 is 6.56. The van der Waals surface area contributed by atoms with Gasteiger partial charge in [-0.15, -0.1) is 0 Å². The first-order valence-corrected chi connectivity index (χ1v) is 6.47. The van der Waals surface area contributed by atoms with Gasteiger partial charge in [0.2, 0.25) is 5.89 Å². The fourth-order valence-corrected chi connectivity index (χ4v) is 2.10. The van der Waals surface area contributed by atoms with Crippen LogP contribution >= 0.6 is 11.6 Å². The molecule has 20 heavy (non-hydrogen) atoms. The first kappa shape index (κ1) is 14.5. The molecule has 0 radical (unpaired) electrons. The Morgan fingerprint density at radius 1 is 1.45 bits per heavy atom. The third kappa shape index (κ3) is 2.40. The number of amides is 1. The number of hydrogen-bond donors (Lipinski definition) is 0. The van der Waals surface area contributed by atoms with Crippen molar-refractivity contribution in [2.75, 3.05) is 7.05 Å². The fraction of sp³-hybridized carbons (Fsp3) is 0.500. The molecule has 0 spiro atoms. The van der Waals surface area contributed by atoms with Gasteiger partial charge in [-0.2, -0.15) is 10.1 Å². The standard InChI is InChI=1S/C12H16ClN5O2/c1-6-9(13)10(18(5)15-6)12(19)17(4)7(2)11-14-8(3)16-20-11/h7H,1-5H3. The molecule has 0 aliphatic heterocycles. The Hall–Kier alpha value is -1.89. The van der Waals surface area contributed by atoms with Crippen LogP contribution in [0.5, 0.6) is 0 Å². The summed E-state index contributed by atoms with van der Waals surface area (Å²) in [5.74, 6) is 0.664. The number of carbonyl (C=O) groups excluding carboxylic acids is 1. The average Bonchev–Trinajstić information content (AvgIpc) is 2.92. The lowest BCUT2D eigenvalue weighted by Crippen LogP contribution is -2.31. The van der Waals surface area contributed by atoms with Gasteiger partial charge in [-0.1, -0.05) is 16.8 Å². The summed E-state index contributed by atoms with van der Waals surface area (Å²) in [5.41, 5.74) is 0.960. The minimum atomic E-state index is -0.352. The fourth-order valence-electron chi connectivity index (χ4n) is 1.86. The number of hydrogen-bond acceptors (Lipinski definition) is 5. The van der Waals surface area contributed by atoms with Gasteiger partial charge in [0.1, 0.15) is 11.7 Å². The molecule has 8 heteroatoms. The zero-order valence-electron chi connectivity index (χ0n) is 12.0. The highest BCUT2D eigenvalue weighted by Crippen LogP contribution is 2.24. The predicted molar refractivity (Wildman–Crippen MR) is 72.5 cm³/mol. The minimum Gasteiger partial charge on any atom is -0.337 e. The zero-order chi connectivity index (χ0) is 15.0. The van der Waals surface area contributed by atoms with E-state index in [-0.39, 0.29) is 11.9 Å². The van der Waals surface area contributed by atoms with Gasteiger partial charge in [0.25, 0.3) is 5.91 Å². The molecule has 108 valence electrons. The first-order valence-electron chi connectivity index (χ1n) is 6.09.